The highest BCUT2D eigenvalue weighted by Gasteiger charge is 2.32. The lowest BCUT2D eigenvalue weighted by Crippen LogP contribution is -2.45. The largest absolute Gasteiger partial charge is 0.456 e. The number of carbonyl (C=O) groups is 5. The third-order valence-corrected chi connectivity index (χ3v) is 5.28. The van der Waals surface area contributed by atoms with Gasteiger partial charge >= 0.3 is 5.97 Å². The molecule has 0 saturated carbocycles. The number of Topliss-reactive ketones (excluding diaryl/α,β-unsaturated/α-hetero) is 1. The topological polar surface area (TPSA) is 110 Å². The maximum atomic E-state index is 12.5. The summed E-state index contributed by atoms with van der Waals surface area (Å²) >= 11 is 0. The lowest BCUT2D eigenvalue weighted by atomic mass is 9.98. The molecule has 2 aromatic carbocycles. The van der Waals surface area contributed by atoms with Gasteiger partial charge in [-0.05, 0) is 42.3 Å². The van der Waals surface area contributed by atoms with Gasteiger partial charge < -0.3 is 10.1 Å². The second-order valence-corrected chi connectivity index (χ2v) is 7.22. The highest BCUT2D eigenvalue weighted by molar-refractivity contribution is 6.11. The van der Waals surface area contributed by atoms with E-state index < -0.39 is 36.7 Å². The number of esters is 1. The van der Waals surface area contributed by atoms with Gasteiger partial charge in [-0.2, -0.15) is 0 Å². The van der Waals surface area contributed by atoms with Crippen LogP contribution in [0.3, 0.4) is 0 Å². The van der Waals surface area contributed by atoms with E-state index in [4.69, 9.17) is 4.74 Å². The number of nitrogens with zero attached hydrogens (tertiary/aromatic N) is 1. The summed E-state index contributed by atoms with van der Waals surface area (Å²) in [7, 11) is 0. The summed E-state index contributed by atoms with van der Waals surface area (Å²) in [5.74, 6) is -2.86. The van der Waals surface area contributed by atoms with Gasteiger partial charge in [-0.15, -0.1) is 0 Å². The van der Waals surface area contributed by atoms with E-state index in [1.54, 1.807) is 49.4 Å². The molecule has 0 unspecified atom stereocenters. The summed E-state index contributed by atoms with van der Waals surface area (Å²) in [6, 6.07) is 11.5. The zero-order chi connectivity index (χ0) is 21.4. The van der Waals surface area contributed by atoms with E-state index in [1.165, 1.54) is 0 Å². The van der Waals surface area contributed by atoms with Gasteiger partial charge in [0.05, 0.1) is 12.3 Å². The molecule has 0 aliphatic carbocycles. The summed E-state index contributed by atoms with van der Waals surface area (Å²) in [5.41, 5.74) is 2.66. The zero-order valence-corrected chi connectivity index (χ0v) is 16.1. The third kappa shape index (κ3) is 3.47. The number of ether oxygens (including phenoxy) is 1. The summed E-state index contributed by atoms with van der Waals surface area (Å²) in [4.78, 5) is 61.8. The van der Waals surface area contributed by atoms with Crippen molar-refractivity contribution in [2.75, 3.05) is 18.5 Å². The second-order valence-electron chi connectivity index (χ2n) is 7.22. The number of hydrogen-bond acceptors (Lipinski definition) is 6. The molecule has 1 atom stereocenters. The monoisotopic (exact) mass is 406 g/mol. The van der Waals surface area contributed by atoms with E-state index in [0.717, 1.165) is 4.90 Å². The molecule has 0 aromatic heterocycles. The molecule has 2 aliphatic rings. The van der Waals surface area contributed by atoms with Gasteiger partial charge in [0.2, 0.25) is 11.8 Å². The Morgan fingerprint density at radius 2 is 1.90 bits per heavy atom. The van der Waals surface area contributed by atoms with E-state index in [0.29, 0.717) is 27.9 Å². The molecule has 0 spiro atoms. The number of fused-ring (bicyclic) bond motifs is 2. The minimum Gasteiger partial charge on any atom is -0.456 e. The Morgan fingerprint density at radius 1 is 1.13 bits per heavy atom. The quantitative estimate of drug-likeness (QED) is 0.460. The van der Waals surface area contributed by atoms with Crippen LogP contribution in [0.2, 0.25) is 0 Å². The zero-order valence-electron chi connectivity index (χ0n) is 16.1. The first kappa shape index (κ1) is 19.5. The number of nitrogens with one attached hydrogen (secondary N) is 1. The van der Waals surface area contributed by atoms with Crippen molar-refractivity contribution in [1.82, 2.24) is 4.90 Å². The molecule has 152 valence electrons. The van der Waals surface area contributed by atoms with E-state index >= 15 is 0 Å². The highest BCUT2D eigenvalue weighted by atomic mass is 16.5. The molecule has 30 heavy (non-hydrogen) atoms. The first-order valence-corrected chi connectivity index (χ1v) is 9.41. The number of hydrogen-bond donors (Lipinski definition) is 1. The molecular formula is C22H18N2O6. The van der Waals surface area contributed by atoms with Crippen molar-refractivity contribution >= 4 is 35.2 Å². The van der Waals surface area contributed by atoms with E-state index in [-0.39, 0.29) is 18.2 Å². The van der Waals surface area contributed by atoms with Crippen molar-refractivity contribution in [3.8, 4) is 0 Å². The highest BCUT2D eigenvalue weighted by Crippen LogP contribution is 2.32. The van der Waals surface area contributed by atoms with Crippen LogP contribution in [0.4, 0.5) is 5.69 Å². The molecule has 2 aliphatic heterocycles. The van der Waals surface area contributed by atoms with E-state index in [1.807, 2.05) is 0 Å². The number of rotatable bonds is 5. The van der Waals surface area contributed by atoms with Crippen molar-refractivity contribution < 1.29 is 28.7 Å². The molecular weight excluding hydrogens is 388 g/mol. The first-order valence-electron chi connectivity index (χ1n) is 9.41. The number of benzene rings is 2. The van der Waals surface area contributed by atoms with Gasteiger partial charge in [0.25, 0.3) is 5.91 Å². The Balaban J connectivity index is 1.38. The fourth-order valence-electron chi connectivity index (χ4n) is 3.55. The maximum Gasteiger partial charge on any atom is 0.326 e. The SMILES string of the molecule is C[C@H]1C(=O)Nc2ccc(C(=O)COC(=O)CN3C(=O)Cc4ccccc4C3=O)cc21. The van der Waals surface area contributed by atoms with Crippen LogP contribution in [-0.2, 0) is 25.5 Å². The second kappa shape index (κ2) is 7.55. The van der Waals surface area contributed by atoms with Gasteiger partial charge in [-0.3, -0.25) is 28.9 Å². The normalized spacial score (nSPS) is 17.3. The lowest BCUT2D eigenvalue weighted by molar-refractivity contribution is -0.146. The Hall–Kier alpha value is -3.81. The van der Waals surface area contributed by atoms with Crippen LogP contribution in [-0.4, -0.2) is 47.5 Å². The maximum absolute atomic E-state index is 12.5. The summed E-state index contributed by atoms with van der Waals surface area (Å²) in [6.07, 6.45) is 0.0220. The summed E-state index contributed by atoms with van der Waals surface area (Å²) in [5, 5.41) is 2.72. The fourth-order valence-corrected chi connectivity index (χ4v) is 3.55. The van der Waals surface area contributed by atoms with Crippen molar-refractivity contribution in [3.05, 3.63) is 64.7 Å². The number of carbonyl (C=O) groups excluding carboxylic acids is 5. The average molecular weight is 406 g/mol. The van der Waals surface area contributed by atoms with Crippen molar-refractivity contribution in [3.63, 3.8) is 0 Å². The van der Waals surface area contributed by atoms with Gasteiger partial charge in [0.1, 0.15) is 6.54 Å². The van der Waals surface area contributed by atoms with Gasteiger partial charge in [0, 0.05) is 16.8 Å². The smallest absolute Gasteiger partial charge is 0.326 e. The molecule has 1 N–H and O–H groups in total. The van der Waals surface area contributed by atoms with Gasteiger partial charge in [-0.1, -0.05) is 18.2 Å². The molecule has 4 rings (SSSR count). The van der Waals surface area contributed by atoms with Crippen LogP contribution in [0.1, 0.15) is 44.7 Å². The van der Waals surface area contributed by atoms with E-state index in [2.05, 4.69) is 5.32 Å². The average Bonchev–Trinajstić information content (AvgIpc) is 3.02. The van der Waals surface area contributed by atoms with Crippen molar-refractivity contribution in [2.24, 2.45) is 0 Å². The van der Waals surface area contributed by atoms with Crippen LogP contribution < -0.4 is 5.32 Å². The van der Waals surface area contributed by atoms with Crippen LogP contribution in [0.5, 0.6) is 0 Å². The number of imide groups is 1. The summed E-state index contributed by atoms with van der Waals surface area (Å²) in [6.45, 7) is 0.652. The minimum atomic E-state index is -0.851. The Labute approximate surface area is 171 Å². The predicted octanol–water partition coefficient (Wildman–Crippen LogP) is 1.69. The number of ketones is 1. The molecule has 8 nitrogen and oxygen atoms in total. The van der Waals surface area contributed by atoms with Gasteiger partial charge in [-0.25, -0.2) is 0 Å². The molecule has 3 amide bonds. The predicted molar refractivity (Wildman–Crippen MR) is 105 cm³/mol. The molecule has 0 saturated heterocycles. The lowest BCUT2D eigenvalue weighted by Gasteiger charge is -2.25. The van der Waals surface area contributed by atoms with E-state index in [9.17, 15) is 24.0 Å². The van der Waals surface area contributed by atoms with Crippen LogP contribution in [0.15, 0.2) is 42.5 Å². The van der Waals surface area contributed by atoms with Crippen molar-refractivity contribution in [1.29, 1.82) is 0 Å². The molecule has 8 heteroatoms. The van der Waals surface area contributed by atoms with Crippen molar-refractivity contribution in [2.45, 2.75) is 19.3 Å². The fraction of sp³-hybridized carbons (Fsp3) is 0.227. The van der Waals surface area contributed by atoms with Crippen LogP contribution >= 0.6 is 0 Å². The summed E-state index contributed by atoms with van der Waals surface area (Å²) < 4.78 is 5.00. The standard InChI is InChI=1S/C22H18N2O6/c1-12-16-8-14(6-7-17(16)23-21(12)28)18(25)11-30-20(27)10-24-19(26)9-13-4-2-3-5-15(13)22(24)29/h2-8,12H,9-11H2,1H3,(H,23,28)/t12-/m1/s1. The molecule has 0 fully saturated rings. The van der Waals surface area contributed by atoms with Crippen LogP contribution in [0, 0.1) is 0 Å². The third-order valence-electron chi connectivity index (χ3n) is 5.28. The number of anilines is 1. The molecule has 2 aromatic rings. The first-order chi connectivity index (χ1) is 14.3. The molecule has 0 bridgehead atoms. The molecule has 0 radical (unpaired) electrons. The minimum absolute atomic E-state index is 0.0220. The van der Waals surface area contributed by atoms with Gasteiger partial charge in [0.15, 0.2) is 12.4 Å². The Kier molecular flexibility index (Phi) is 4.91. The number of amides is 3. The Morgan fingerprint density at radius 3 is 2.70 bits per heavy atom. The van der Waals surface area contributed by atoms with Crippen LogP contribution in [0.25, 0.3) is 0 Å². The molecule has 2 heterocycles. The Bertz CT molecular complexity index is 1110.